The lowest BCUT2D eigenvalue weighted by Crippen LogP contribution is -2.32. The van der Waals surface area contributed by atoms with Gasteiger partial charge in [0, 0.05) is 0 Å². The lowest BCUT2D eigenvalue weighted by atomic mass is 10.2. The van der Waals surface area contributed by atoms with Gasteiger partial charge in [-0.1, -0.05) is 0 Å². The second-order valence-electron chi connectivity index (χ2n) is 2.19. The Morgan fingerprint density at radius 2 is 1.90 bits per heavy atom. The molecule has 10 heavy (non-hydrogen) atoms. The van der Waals surface area contributed by atoms with Crippen LogP contribution in [0.5, 0.6) is 0 Å². The first-order chi connectivity index (χ1) is 4.66. The number of rotatable bonds is 1. The van der Waals surface area contributed by atoms with E-state index in [1.165, 1.54) is 0 Å². The topological polar surface area (TPSA) is 69.9 Å². The standard InChI is InChI=1S/C5H9IO4/c6-5-4(9)3(8)2(1-7)10-5/h2-5,7-9H,1H2/t2-,3-,4-,5?/m1/s1. The van der Waals surface area contributed by atoms with Gasteiger partial charge in [-0.15, -0.1) is 0 Å². The molecule has 1 aliphatic heterocycles. The third kappa shape index (κ3) is 1.42. The average molecular weight is 260 g/mol. The second-order valence-corrected chi connectivity index (χ2v) is 3.42. The maximum Gasteiger partial charge on any atom is 0.137 e. The van der Waals surface area contributed by atoms with E-state index in [4.69, 9.17) is 20.1 Å². The highest BCUT2D eigenvalue weighted by Gasteiger charge is 2.40. The zero-order chi connectivity index (χ0) is 7.72. The maximum absolute atomic E-state index is 9.09. The fourth-order valence-electron chi connectivity index (χ4n) is 0.854. The lowest BCUT2D eigenvalue weighted by Gasteiger charge is -2.09. The normalized spacial score (nSPS) is 48.0. The van der Waals surface area contributed by atoms with Crippen LogP contribution in [-0.2, 0) is 4.74 Å². The van der Waals surface area contributed by atoms with Gasteiger partial charge < -0.3 is 20.1 Å². The predicted molar refractivity (Wildman–Crippen MR) is 41.8 cm³/mol. The Bertz CT molecular complexity index is 120. The molecular formula is C5H9IO4. The summed E-state index contributed by atoms with van der Waals surface area (Å²) >= 11 is 1.87. The molecule has 1 aliphatic rings. The molecule has 0 spiro atoms. The van der Waals surface area contributed by atoms with Crippen LogP contribution in [0.2, 0.25) is 0 Å². The molecular weight excluding hydrogens is 251 g/mol. The molecule has 4 nitrogen and oxygen atoms in total. The number of aliphatic hydroxyl groups excluding tert-OH is 3. The van der Waals surface area contributed by atoms with E-state index in [-0.39, 0.29) is 6.61 Å². The van der Waals surface area contributed by atoms with Gasteiger partial charge in [-0.25, -0.2) is 0 Å². The molecule has 0 saturated carbocycles. The number of aliphatic hydroxyl groups is 3. The zero-order valence-electron chi connectivity index (χ0n) is 5.14. The Morgan fingerprint density at radius 3 is 2.10 bits per heavy atom. The van der Waals surface area contributed by atoms with Crippen molar-refractivity contribution in [3.8, 4) is 0 Å². The molecule has 1 fully saturated rings. The second kappa shape index (κ2) is 3.31. The van der Waals surface area contributed by atoms with Crippen LogP contribution in [0, 0.1) is 0 Å². The van der Waals surface area contributed by atoms with Crippen LogP contribution < -0.4 is 0 Å². The quantitative estimate of drug-likeness (QED) is 0.412. The Labute approximate surface area is 72.0 Å². The summed E-state index contributed by atoms with van der Waals surface area (Å²) in [7, 11) is 0. The summed E-state index contributed by atoms with van der Waals surface area (Å²) in [5.74, 6) is 0. The van der Waals surface area contributed by atoms with Crippen molar-refractivity contribution in [1.29, 1.82) is 0 Å². The van der Waals surface area contributed by atoms with Gasteiger partial charge in [0.2, 0.25) is 0 Å². The number of hydrogen-bond acceptors (Lipinski definition) is 4. The Morgan fingerprint density at radius 1 is 1.30 bits per heavy atom. The van der Waals surface area contributed by atoms with Crippen molar-refractivity contribution in [3.63, 3.8) is 0 Å². The molecule has 60 valence electrons. The summed E-state index contributed by atoms with van der Waals surface area (Å²) in [5.41, 5.74) is 0. The molecule has 5 heteroatoms. The van der Waals surface area contributed by atoms with E-state index in [0.29, 0.717) is 0 Å². The SMILES string of the molecule is OC[C@H]1OC(I)[C@H](O)[C@@H]1O. The molecule has 0 bridgehead atoms. The van der Waals surface area contributed by atoms with Crippen molar-refractivity contribution in [3.05, 3.63) is 0 Å². The summed E-state index contributed by atoms with van der Waals surface area (Å²) in [6.07, 6.45) is -2.46. The molecule has 3 N–H and O–H groups in total. The third-order valence-electron chi connectivity index (χ3n) is 1.48. The molecule has 0 amide bonds. The highest BCUT2D eigenvalue weighted by atomic mass is 127. The Hall–Kier alpha value is 0.570. The van der Waals surface area contributed by atoms with Gasteiger partial charge >= 0.3 is 0 Å². The third-order valence-corrected chi connectivity index (χ3v) is 2.51. The van der Waals surface area contributed by atoms with Gasteiger partial charge in [-0.2, -0.15) is 0 Å². The van der Waals surface area contributed by atoms with Crippen molar-refractivity contribution in [1.82, 2.24) is 0 Å². The predicted octanol–water partition coefficient (Wildman–Crippen LogP) is -1.14. The Kier molecular flexibility index (Phi) is 2.87. The smallest absolute Gasteiger partial charge is 0.137 e. The molecule has 1 unspecified atom stereocenters. The van der Waals surface area contributed by atoms with Gasteiger partial charge in [0.1, 0.15) is 22.4 Å². The van der Waals surface area contributed by atoms with E-state index in [2.05, 4.69) is 0 Å². The molecule has 0 aromatic carbocycles. The molecule has 0 aliphatic carbocycles. The first kappa shape index (κ1) is 8.66. The Balaban J connectivity index is 2.53. The summed E-state index contributed by atoms with van der Waals surface area (Å²) in [5, 5.41) is 26.7. The fraction of sp³-hybridized carbons (Fsp3) is 1.00. The van der Waals surface area contributed by atoms with Gasteiger partial charge in [0.25, 0.3) is 0 Å². The molecule has 1 rings (SSSR count). The monoisotopic (exact) mass is 260 g/mol. The fourth-order valence-corrected chi connectivity index (χ4v) is 1.66. The van der Waals surface area contributed by atoms with Crippen LogP contribution >= 0.6 is 22.6 Å². The van der Waals surface area contributed by atoms with Crippen LogP contribution in [0.15, 0.2) is 0 Å². The van der Waals surface area contributed by atoms with E-state index >= 15 is 0 Å². The van der Waals surface area contributed by atoms with E-state index < -0.39 is 22.4 Å². The van der Waals surface area contributed by atoms with Crippen LogP contribution in [-0.4, -0.2) is 44.3 Å². The highest BCUT2D eigenvalue weighted by molar-refractivity contribution is 14.1. The van der Waals surface area contributed by atoms with E-state index in [0.717, 1.165) is 0 Å². The first-order valence-electron chi connectivity index (χ1n) is 2.93. The van der Waals surface area contributed by atoms with Crippen molar-refractivity contribution < 1.29 is 20.1 Å². The minimum absolute atomic E-state index is 0.252. The number of halogens is 1. The minimum atomic E-state index is -0.952. The van der Waals surface area contributed by atoms with E-state index in [1.54, 1.807) is 0 Å². The maximum atomic E-state index is 9.09. The van der Waals surface area contributed by atoms with Gasteiger partial charge in [0.05, 0.1) is 6.61 Å². The van der Waals surface area contributed by atoms with Crippen molar-refractivity contribution in [2.24, 2.45) is 0 Å². The zero-order valence-corrected chi connectivity index (χ0v) is 7.30. The molecule has 0 radical (unpaired) electrons. The molecule has 4 atom stereocenters. The minimum Gasteiger partial charge on any atom is -0.394 e. The van der Waals surface area contributed by atoms with Gasteiger partial charge in [0.15, 0.2) is 0 Å². The number of hydrogen-bond donors (Lipinski definition) is 3. The average Bonchev–Trinajstić information content (AvgIpc) is 2.17. The molecule has 1 heterocycles. The number of ether oxygens (including phenoxy) is 1. The van der Waals surface area contributed by atoms with Crippen LogP contribution in [0.25, 0.3) is 0 Å². The van der Waals surface area contributed by atoms with Crippen molar-refractivity contribution in [2.75, 3.05) is 6.61 Å². The van der Waals surface area contributed by atoms with Crippen LogP contribution in [0.4, 0.5) is 0 Å². The summed E-state index contributed by atoms with van der Waals surface area (Å²) in [6.45, 7) is -0.252. The van der Waals surface area contributed by atoms with E-state index in [1.807, 2.05) is 22.6 Å². The molecule has 1 saturated heterocycles. The van der Waals surface area contributed by atoms with Gasteiger partial charge in [-0.3, -0.25) is 0 Å². The highest BCUT2D eigenvalue weighted by Crippen LogP contribution is 2.24. The molecule has 0 aromatic rings. The van der Waals surface area contributed by atoms with Crippen molar-refractivity contribution in [2.45, 2.75) is 22.4 Å². The lowest BCUT2D eigenvalue weighted by molar-refractivity contribution is -0.00699. The summed E-state index contributed by atoms with van der Waals surface area (Å²) < 4.78 is 4.56. The van der Waals surface area contributed by atoms with Crippen LogP contribution in [0.1, 0.15) is 0 Å². The first-order valence-corrected chi connectivity index (χ1v) is 4.18. The van der Waals surface area contributed by atoms with Gasteiger partial charge in [-0.05, 0) is 22.6 Å². The number of alkyl halides is 1. The van der Waals surface area contributed by atoms with E-state index in [9.17, 15) is 0 Å². The largest absolute Gasteiger partial charge is 0.394 e. The summed E-state index contributed by atoms with van der Waals surface area (Å²) in [4.78, 5) is 0. The summed E-state index contributed by atoms with van der Waals surface area (Å²) in [6, 6.07) is 0. The van der Waals surface area contributed by atoms with Crippen molar-refractivity contribution >= 4 is 22.6 Å². The molecule has 0 aromatic heterocycles. The van der Waals surface area contributed by atoms with Crippen LogP contribution in [0.3, 0.4) is 0 Å².